The van der Waals surface area contributed by atoms with Crippen LogP contribution >= 0.6 is 0 Å². The summed E-state index contributed by atoms with van der Waals surface area (Å²) in [4.78, 5) is 2.50. The van der Waals surface area contributed by atoms with Crippen LogP contribution in [0.2, 0.25) is 0 Å². The minimum atomic E-state index is -0.0323. The molecule has 0 radical (unpaired) electrons. The summed E-state index contributed by atoms with van der Waals surface area (Å²) in [6.45, 7) is 3.39. The number of rotatable bonds is 3. The minimum Gasteiger partial charge on any atom is -0.393 e. The lowest BCUT2D eigenvalue weighted by Gasteiger charge is -2.29. The number of allylic oxidation sites excluding steroid dienone is 1. The first-order chi connectivity index (χ1) is 7.34. The van der Waals surface area contributed by atoms with Gasteiger partial charge < -0.3 is 10.0 Å². The summed E-state index contributed by atoms with van der Waals surface area (Å²) in [5.74, 6) is 0. The van der Waals surface area contributed by atoms with Gasteiger partial charge in [0, 0.05) is 19.6 Å². The smallest absolute Gasteiger partial charge is 0.0564 e. The third-order valence-electron chi connectivity index (χ3n) is 3.69. The number of nitrogens with zero attached hydrogens (tertiary/aromatic N) is 1. The first-order valence-corrected chi connectivity index (χ1v) is 6.43. The molecule has 1 aliphatic heterocycles. The Balaban J connectivity index is 1.67. The lowest BCUT2D eigenvalue weighted by atomic mass is 9.97. The summed E-state index contributed by atoms with van der Waals surface area (Å²) in [5, 5.41) is 9.41. The summed E-state index contributed by atoms with van der Waals surface area (Å²) in [7, 11) is 0. The van der Waals surface area contributed by atoms with Gasteiger partial charge in [-0.25, -0.2) is 0 Å². The quantitative estimate of drug-likeness (QED) is 0.721. The van der Waals surface area contributed by atoms with Crippen LogP contribution in [0.1, 0.15) is 44.9 Å². The lowest BCUT2D eigenvalue weighted by molar-refractivity contribution is 0.0830. The second-order valence-corrected chi connectivity index (χ2v) is 4.93. The Morgan fingerprint density at radius 2 is 2.07 bits per heavy atom. The molecule has 0 saturated carbocycles. The van der Waals surface area contributed by atoms with Crippen LogP contribution in [0.25, 0.3) is 0 Å². The molecule has 0 atom stereocenters. The van der Waals surface area contributed by atoms with Crippen molar-refractivity contribution in [2.45, 2.75) is 51.0 Å². The number of hydrogen-bond acceptors (Lipinski definition) is 2. The number of likely N-dealkylation sites (tertiary alicyclic amines) is 1. The fourth-order valence-electron chi connectivity index (χ4n) is 2.58. The normalized spacial score (nSPS) is 25.3. The molecule has 2 nitrogen and oxygen atoms in total. The van der Waals surface area contributed by atoms with Crippen LogP contribution in [0, 0.1) is 0 Å². The highest BCUT2D eigenvalue weighted by atomic mass is 16.3. The predicted molar refractivity (Wildman–Crippen MR) is 62.8 cm³/mol. The summed E-state index contributed by atoms with van der Waals surface area (Å²) in [6, 6.07) is 0. The van der Waals surface area contributed by atoms with Crippen molar-refractivity contribution in [2.75, 3.05) is 19.6 Å². The Morgan fingerprint density at radius 1 is 1.27 bits per heavy atom. The van der Waals surface area contributed by atoms with Gasteiger partial charge in [0.1, 0.15) is 0 Å². The summed E-state index contributed by atoms with van der Waals surface area (Å²) >= 11 is 0. The largest absolute Gasteiger partial charge is 0.393 e. The molecule has 0 bridgehead atoms. The molecule has 2 aliphatic rings. The van der Waals surface area contributed by atoms with E-state index in [1.165, 1.54) is 38.6 Å². The van der Waals surface area contributed by atoms with E-state index in [-0.39, 0.29) is 6.10 Å². The Kier molecular flexibility index (Phi) is 4.21. The van der Waals surface area contributed by atoms with Crippen LogP contribution in [0.3, 0.4) is 0 Å². The molecule has 0 amide bonds. The molecule has 1 fully saturated rings. The van der Waals surface area contributed by atoms with Gasteiger partial charge in [0.25, 0.3) is 0 Å². The van der Waals surface area contributed by atoms with Gasteiger partial charge >= 0.3 is 0 Å². The number of aliphatic hydroxyl groups excluding tert-OH is 1. The first-order valence-electron chi connectivity index (χ1n) is 6.43. The van der Waals surface area contributed by atoms with Crippen LogP contribution in [0.5, 0.6) is 0 Å². The Bertz CT molecular complexity index is 217. The predicted octanol–water partition coefficient (Wildman–Crippen LogP) is 2.33. The van der Waals surface area contributed by atoms with E-state index in [2.05, 4.69) is 11.0 Å². The van der Waals surface area contributed by atoms with Crippen molar-refractivity contribution < 1.29 is 5.11 Å². The zero-order chi connectivity index (χ0) is 10.5. The third-order valence-corrected chi connectivity index (χ3v) is 3.69. The van der Waals surface area contributed by atoms with Gasteiger partial charge in [0.2, 0.25) is 0 Å². The number of piperidine rings is 1. The number of aliphatic hydroxyl groups is 1. The highest BCUT2D eigenvalue weighted by molar-refractivity contribution is 5.05. The highest BCUT2D eigenvalue weighted by Gasteiger charge is 2.16. The zero-order valence-electron chi connectivity index (χ0n) is 9.62. The Hall–Kier alpha value is -0.340. The van der Waals surface area contributed by atoms with Crippen molar-refractivity contribution in [3.8, 4) is 0 Å². The average molecular weight is 209 g/mol. The van der Waals surface area contributed by atoms with Gasteiger partial charge in [-0.2, -0.15) is 0 Å². The molecule has 1 heterocycles. The van der Waals surface area contributed by atoms with E-state index in [0.717, 1.165) is 25.9 Å². The summed E-state index contributed by atoms with van der Waals surface area (Å²) < 4.78 is 0. The monoisotopic (exact) mass is 209 g/mol. The molecular formula is C13H23NO. The maximum absolute atomic E-state index is 9.41. The lowest BCUT2D eigenvalue weighted by Crippen LogP contribution is -2.36. The second-order valence-electron chi connectivity index (χ2n) is 4.93. The van der Waals surface area contributed by atoms with E-state index in [4.69, 9.17) is 0 Å². The Morgan fingerprint density at radius 3 is 2.73 bits per heavy atom. The van der Waals surface area contributed by atoms with E-state index in [1.807, 2.05) is 0 Å². The molecule has 0 spiro atoms. The molecule has 86 valence electrons. The van der Waals surface area contributed by atoms with Gasteiger partial charge in [-0.1, -0.05) is 11.6 Å². The Labute approximate surface area is 93.0 Å². The molecule has 0 aromatic carbocycles. The topological polar surface area (TPSA) is 23.5 Å². The van der Waals surface area contributed by atoms with Crippen molar-refractivity contribution in [3.63, 3.8) is 0 Å². The minimum absolute atomic E-state index is 0.0323. The van der Waals surface area contributed by atoms with Gasteiger partial charge in [-0.05, 0) is 44.9 Å². The SMILES string of the molecule is OC1CCN(CCC2=CCCCC2)CC1. The molecular weight excluding hydrogens is 186 g/mol. The number of hydrogen-bond donors (Lipinski definition) is 1. The summed E-state index contributed by atoms with van der Waals surface area (Å²) in [5.41, 5.74) is 1.67. The highest BCUT2D eigenvalue weighted by Crippen LogP contribution is 2.21. The van der Waals surface area contributed by atoms with Crippen molar-refractivity contribution in [1.29, 1.82) is 0 Å². The maximum Gasteiger partial charge on any atom is 0.0564 e. The van der Waals surface area contributed by atoms with E-state index < -0.39 is 0 Å². The third kappa shape index (κ3) is 3.62. The van der Waals surface area contributed by atoms with E-state index in [1.54, 1.807) is 5.57 Å². The zero-order valence-corrected chi connectivity index (χ0v) is 9.62. The van der Waals surface area contributed by atoms with E-state index >= 15 is 0 Å². The second kappa shape index (κ2) is 5.66. The van der Waals surface area contributed by atoms with Crippen LogP contribution in [0.4, 0.5) is 0 Å². The van der Waals surface area contributed by atoms with Crippen LogP contribution in [-0.4, -0.2) is 35.7 Å². The fourth-order valence-corrected chi connectivity index (χ4v) is 2.58. The van der Waals surface area contributed by atoms with Crippen LogP contribution in [0.15, 0.2) is 11.6 Å². The van der Waals surface area contributed by atoms with E-state index in [0.29, 0.717) is 0 Å². The maximum atomic E-state index is 9.41. The molecule has 2 rings (SSSR count). The van der Waals surface area contributed by atoms with Gasteiger partial charge in [-0.15, -0.1) is 0 Å². The van der Waals surface area contributed by atoms with Crippen molar-refractivity contribution in [2.24, 2.45) is 0 Å². The average Bonchev–Trinajstić information content (AvgIpc) is 2.30. The molecule has 1 saturated heterocycles. The molecule has 1 aliphatic carbocycles. The van der Waals surface area contributed by atoms with Gasteiger partial charge in [0.15, 0.2) is 0 Å². The van der Waals surface area contributed by atoms with Crippen LogP contribution in [-0.2, 0) is 0 Å². The summed E-state index contributed by atoms with van der Waals surface area (Å²) in [6.07, 6.45) is 11.0. The van der Waals surface area contributed by atoms with Gasteiger partial charge in [-0.3, -0.25) is 0 Å². The first kappa shape index (κ1) is 11.2. The standard InChI is InChI=1S/C13H23NO/c15-13-7-10-14(11-8-13)9-6-12-4-2-1-3-5-12/h4,13,15H,1-3,5-11H2. The molecule has 0 aromatic heterocycles. The van der Waals surface area contributed by atoms with Gasteiger partial charge in [0.05, 0.1) is 6.10 Å². The van der Waals surface area contributed by atoms with Crippen molar-refractivity contribution >= 4 is 0 Å². The van der Waals surface area contributed by atoms with Crippen molar-refractivity contribution in [1.82, 2.24) is 4.90 Å². The fraction of sp³-hybridized carbons (Fsp3) is 0.846. The van der Waals surface area contributed by atoms with Crippen molar-refractivity contribution in [3.05, 3.63) is 11.6 Å². The molecule has 15 heavy (non-hydrogen) atoms. The van der Waals surface area contributed by atoms with Crippen LogP contribution < -0.4 is 0 Å². The van der Waals surface area contributed by atoms with E-state index in [9.17, 15) is 5.11 Å². The molecule has 0 aromatic rings. The molecule has 1 N–H and O–H groups in total. The molecule has 2 heteroatoms. The molecule has 0 unspecified atom stereocenters.